The second kappa shape index (κ2) is 8.58. The standard InChI is InChI=1S/C26H33N3O2/c1-25(2,3)20-13-17(14-21(24(20)31)26(4,5)6)11-12-23(30)29-28-16-18-15-27-22-10-8-7-9-19(18)22/h7-10,13-16,27,31H,11-12H2,1-6H3,(H,29,30)/b28-16-. The van der Waals surface area contributed by atoms with Crippen LogP contribution in [0.2, 0.25) is 0 Å². The number of nitrogens with one attached hydrogen (secondary N) is 2. The second-order valence-electron chi connectivity index (χ2n) is 10.1. The van der Waals surface area contributed by atoms with Gasteiger partial charge in [-0.1, -0.05) is 71.9 Å². The second-order valence-corrected chi connectivity index (χ2v) is 10.1. The summed E-state index contributed by atoms with van der Waals surface area (Å²) in [6, 6.07) is 12.0. The van der Waals surface area contributed by atoms with Crippen molar-refractivity contribution in [2.45, 2.75) is 65.2 Å². The number of phenolic OH excluding ortho intramolecular Hbond substituents is 1. The number of phenols is 1. The minimum absolute atomic E-state index is 0.140. The molecule has 0 bridgehead atoms. The number of fused-ring (bicyclic) bond motifs is 1. The summed E-state index contributed by atoms with van der Waals surface area (Å²) >= 11 is 0. The van der Waals surface area contributed by atoms with Crippen LogP contribution in [0.4, 0.5) is 0 Å². The first-order valence-electron chi connectivity index (χ1n) is 10.7. The van der Waals surface area contributed by atoms with Crippen LogP contribution >= 0.6 is 0 Å². The largest absolute Gasteiger partial charge is 0.507 e. The number of aromatic nitrogens is 1. The van der Waals surface area contributed by atoms with Gasteiger partial charge >= 0.3 is 0 Å². The predicted octanol–water partition coefficient (Wildman–Crippen LogP) is 5.55. The molecule has 0 aliphatic carbocycles. The molecule has 0 aliphatic heterocycles. The van der Waals surface area contributed by atoms with Crippen LogP contribution in [0.15, 0.2) is 47.7 Å². The molecule has 0 spiro atoms. The summed E-state index contributed by atoms with van der Waals surface area (Å²) in [6.45, 7) is 12.5. The molecule has 0 unspecified atom stereocenters. The van der Waals surface area contributed by atoms with Gasteiger partial charge in [0.25, 0.3) is 0 Å². The van der Waals surface area contributed by atoms with Gasteiger partial charge in [-0.2, -0.15) is 5.10 Å². The van der Waals surface area contributed by atoms with Gasteiger partial charge < -0.3 is 10.1 Å². The van der Waals surface area contributed by atoms with E-state index in [4.69, 9.17) is 0 Å². The van der Waals surface area contributed by atoms with Crippen molar-refractivity contribution in [1.82, 2.24) is 10.4 Å². The Balaban J connectivity index is 1.69. The SMILES string of the molecule is CC(C)(C)c1cc(CCC(=O)N/N=C\c2c[nH]c3ccccc23)cc(C(C)(C)C)c1O. The van der Waals surface area contributed by atoms with Gasteiger partial charge in [0.1, 0.15) is 5.75 Å². The maximum absolute atomic E-state index is 12.4. The van der Waals surface area contributed by atoms with Crippen LogP contribution in [0.5, 0.6) is 5.75 Å². The topological polar surface area (TPSA) is 77.5 Å². The number of rotatable bonds is 5. The van der Waals surface area contributed by atoms with Gasteiger partial charge in [0.15, 0.2) is 0 Å². The summed E-state index contributed by atoms with van der Waals surface area (Å²) in [6.07, 6.45) is 4.44. The van der Waals surface area contributed by atoms with Crippen LogP contribution in [0.3, 0.4) is 0 Å². The molecule has 0 radical (unpaired) electrons. The molecule has 164 valence electrons. The Kier molecular flexibility index (Phi) is 6.25. The van der Waals surface area contributed by atoms with Crippen LogP contribution in [0, 0.1) is 0 Å². The number of aryl methyl sites for hydroxylation is 1. The van der Waals surface area contributed by atoms with E-state index in [0.717, 1.165) is 33.2 Å². The summed E-state index contributed by atoms with van der Waals surface area (Å²) in [5, 5.41) is 16.0. The maximum atomic E-state index is 12.4. The van der Waals surface area contributed by atoms with E-state index in [1.807, 2.05) is 42.6 Å². The quantitative estimate of drug-likeness (QED) is 0.374. The minimum Gasteiger partial charge on any atom is -0.507 e. The molecule has 0 aliphatic rings. The maximum Gasteiger partial charge on any atom is 0.240 e. The number of aromatic amines is 1. The summed E-state index contributed by atoms with van der Waals surface area (Å²) in [7, 11) is 0. The molecular formula is C26H33N3O2. The van der Waals surface area contributed by atoms with Gasteiger partial charge in [-0.3, -0.25) is 4.79 Å². The highest BCUT2D eigenvalue weighted by Gasteiger charge is 2.26. The summed E-state index contributed by atoms with van der Waals surface area (Å²) in [5.41, 5.74) is 7.08. The number of benzene rings is 2. The van der Waals surface area contributed by atoms with E-state index in [1.165, 1.54) is 0 Å². The van der Waals surface area contributed by atoms with Crippen molar-refractivity contribution < 1.29 is 9.90 Å². The molecule has 3 aromatic rings. The van der Waals surface area contributed by atoms with Crippen LogP contribution in [0.25, 0.3) is 10.9 Å². The van der Waals surface area contributed by atoms with Crippen molar-refractivity contribution in [3.63, 3.8) is 0 Å². The third-order valence-corrected chi connectivity index (χ3v) is 5.44. The molecule has 5 nitrogen and oxygen atoms in total. The van der Waals surface area contributed by atoms with Crippen molar-refractivity contribution in [2.75, 3.05) is 0 Å². The third-order valence-electron chi connectivity index (χ3n) is 5.44. The lowest BCUT2D eigenvalue weighted by molar-refractivity contribution is -0.121. The lowest BCUT2D eigenvalue weighted by Crippen LogP contribution is -2.20. The number of nitrogens with zero attached hydrogens (tertiary/aromatic N) is 1. The molecule has 0 atom stereocenters. The van der Waals surface area contributed by atoms with E-state index in [1.54, 1.807) is 6.21 Å². The van der Waals surface area contributed by atoms with Gasteiger partial charge in [0.05, 0.1) is 6.21 Å². The Morgan fingerprint density at radius 2 is 1.68 bits per heavy atom. The molecule has 1 amide bonds. The van der Waals surface area contributed by atoms with Crippen molar-refractivity contribution in [2.24, 2.45) is 5.10 Å². The zero-order chi connectivity index (χ0) is 22.8. The van der Waals surface area contributed by atoms with Gasteiger partial charge in [0, 0.05) is 29.1 Å². The smallest absolute Gasteiger partial charge is 0.240 e. The highest BCUT2D eigenvalue weighted by atomic mass is 16.3. The van der Waals surface area contributed by atoms with Crippen LogP contribution in [0.1, 0.15) is 70.2 Å². The van der Waals surface area contributed by atoms with Crippen LogP contribution in [-0.2, 0) is 22.0 Å². The number of aromatic hydroxyl groups is 1. The molecule has 2 aromatic carbocycles. The van der Waals surface area contributed by atoms with Crippen LogP contribution < -0.4 is 5.43 Å². The summed E-state index contributed by atoms with van der Waals surface area (Å²) in [5.74, 6) is 0.218. The molecule has 0 saturated carbocycles. The minimum atomic E-state index is -0.189. The lowest BCUT2D eigenvalue weighted by Gasteiger charge is -2.28. The molecule has 3 rings (SSSR count). The first-order valence-corrected chi connectivity index (χ1v) is 10.7. The number of hydrogen-bond acceptors (Lipinski definition) is 3. The fourth-order valence-corrected chi connectivity index (χ4v) is 3.67. The van der Waals surface area contributed by atoms with Crippen molar-refractivity contribution in [3.8, 4) is 5.75 Å². The van der Waals surface area contributed by atoms with E-state index < -0.39 is 0 Å². The van der Waals surface area contributed by atoms with E-state index in [2.05, 4.69) is 57.1 Å². The number of para-hydroxylation sites is 1. The molecule has 5 heteroatoms. The number of carbonyl (C=O) groups excluding carboxylic acids is 1. The Labute approximate surface area is 184 Å². The summed E-state index contributed by atoms with van der Waals surface area (Å²) < 4.78 is 0. The lowest BCUT2D eigenvalue weighted by atomic mass is 9.78. The zero-order valence-corrected chi connectivity index (χ0v) is 19.3. The van der Waals surface area contributed by atoms with Gasteiger partial charge in [-0.25, -0.2) is 5.43 Å². The molecule has 31 heavy (non-hydrogen) atoms. The number of carbonyl (C=O) groups is 1. The fourth-order valence-electron chi connectivity index (χ4n) is 3.67. The predicted molar refractivity (Wildman–Crippen MR) is 128 cm³/mol. The molecule has 0 saturated heterocycles. The fraction of sp³-hybridized carbons (Fsp3) is 0.385. The Hall–Kier alpha value is -3.08. The number of H-pyrrole nitrogens is 1. The highest BCUT2D eigenvalue weighted by Crippen LogP contribution is 2.39. The Morgan fingerprint density at radius 1 is 1.06 bits per heavy atom. The zero-order valence-electron chi connectivity index (χ0n) is 19.3. The van der Waals surface area contributed by atoms with Crippen molar-refractivity contribution in [3.05, 3.63) is 64.8 Å². The van der Waals surface area contributed by atoms with Gasteiger partial charge in [0.2, 0.25) is 5.91 Å². The van der Waals surface area contributed by atoms with Crippen molar-refractivity contribution >= 4 is 23.0 Å². The molecule has 1 heterocycles. The first kappa shape index (κ1) is 22.6. The number of hydrogen-bond donors (Lipinski definition) is 3. The van der Waals surface area contributed by atoms with E-state index in [9.17, 15) is 9.90 Å². The van der Waals surface area contributed by atoms with E-state index in [0.29, 0.717) is 18.6 Å². The van der Waals surface area contributed by atoms with E-state index in [-0.39, 0.29) is 16.7 Å². The molecule has 3 N–H and O–H groups in total. The third kappa shape index (κ3) is 5.35. The summed E-state index contributed by atoms with van der Waals surface area (Å²) in [4.78, 5) is 15.5. The van der Waals surface area contributed by atoms with Crippen LogP contribution in [-0.4, -0.2) is 22.2 Å². The Bertz CT molecular complexity index is 1080. The molecular weight excluding hydrogens is 386 g/mol. The first-order chi connectivity index (χ1) is 14.5. The average molecular weight is 420 g/mol. The van der Waals surface area contributed by atoms with Crippen molar-refractivity contribution in [1.29, 1.82) is 0 Å². The Morgan fingerprint density at radius 3 is 2.29 bits per heavy atom. The average Bonchev–Trinajstić information content (AvgIpc) is 3.08. The number of hydrazone groups is 1. The van der Waals surface area contributed by atoms with Gasteiger partial charge in [-0.05, 0) is 40.0 Å². The highest BCUT2D eigenvalue weighted by molar-refractivity contribution is 5.99. The molecule has 1 aromatic heterocycles. The van der Waals surface area contributed by atoms with Gasteiger partial charge in [-0.15, -0.1) is 0 Å². The van der Waals surface area contributed by atoms with E-state index >= 15 is 0 Å². The normalized spacial score (nSPS) is 12.6. The number of amides is 1. The monoisotopic (exact) mass is 419 g/mol. The molecule has 0 fully saturated rings.